The van der Waals surface area contributed by atoms with E-state index in [4.69, 9.17) is 9.47 Å². The van der Waals surface area contributed by atoms with E-state index in [-0.39, 0.29) is 29.5 Å². The van der Waals surface area contributed by atoms with Gasteiger partial charge in [-0.15, -0.1) is 0 Å². The van der Waals surface area contributed by atoms with E-state index in [1.165, 1.54) is 50.6 Å². The molecular formula is C21H20O6. The number of hydrogen-bond donors (Lipinski definition) is 2. The molecule has 0 aromatic heterocycles. The molecule has 0 unspecified atom stereocenters. The van der Waals surface area contributed by atoms with Gasteiger partial charge in [0.2, 0.25) is 0 Å². The van der Waals surface area contributed by atoms with Gasteiger partial charge in [0.1, 0.15) is 11.5 Å². The Morgan fingerprint density at radius 3 is 2.19 bits per heavy atom. The molecule has 140 valence electrons. The largest absolute Gasteiger partial charge is 0.508 e. The molecule has 2 aromatic carbocycles. The summed E-state index contributed by atoms with van der Waals surface area (Å²) in [5.74, 6) is 0.0608. The van der Waals surface area contributed by atoms with E-state index >= 15 is 0 Å². The molecular weight excluding hydrogens is 348 g/mol. The van der Waals surface area contributed by atoms with Crippen molar-refractivity contribution < 1.29 is 29.3 Å². The number of allylic oxidation sites excluding steroid dienone is 2. The van der Waals surface area contributed by atoms with Gasteiger partial charge in [-0.25, -0.2) is 0 Å². The van der Waals surface area contributed by atoms with Crippen LogP contribution in [0.5, 0.6) is 23.0 Å². The minimum Gasteiger partial charge on any atom is -0.508 e. The normalized spacial score (nSPS) is 11.0. The van der Waals surface area contributed by atoms with Crippen LogP contribution in [0.4, 0.5) is 0 Å². The summed E-state index contributed by atoms with van der Waals surface area (Å²) in [7, 11) is 2.91. The number of hydrogen-bond acceptors (Lipinski definition) is 6. The summed E-state index contributed by atoms with van der Waals surface area (Å²) >= 11 is 0. The smallest absolute Gasteiger partial charge is 0.163 e. The second-order valence-corrected chi connectivity index (χ2v) is 5.67. The summed E-state index contributed by atoms with van der Waals surface area (Å²) in [4.78, 5) is 23.9. The van der Waals surface area contributed by atoms with Gasteiger partial charge in [-0.2, -0.15) is 0 Å². The maximum absolute atomic E-state index is 11.9. The van der Waals surface area contributed by atoms with Gasteiger partial charge in [0.05, 0.1) is 20.6 Å². The Morgan fingerprint density at radius 2 is 1.56 bits per heavy atom. The average Bonchev–Trinajstić information content (AvgIpc) is 2.65. The molecule has 27 heavy (non-hydrogen) atoms. The SMILES string of the molecule is COc1cc(O)cc(C=CC(=O)CC(=O)C=Cc2ccc(O)c(OC)c2)c1. The Balaban J connectivity index is 1.97. The number of phenols is 2. The van der Waals surface area contributed by atoms with E-state index in [9.17, 15) is 19.8 Å². The van der Waals surface area contributed by atoms with Gasteiger partial charge < -0.3 is 19.7 Å². The first-order valence-corrected chi connectivity index (χ1v) is 8.08. The number of rotatable bonds is 8. The molecule has 0 spiro atoms. The summed E-state index contributed by atoms with van der Waals surface area (Å²) < 4.78 is 10.0. The minimum atomic E-state index is -0.366. The highest BCUT2D eigenvalue weighted by Crippen LogP contribution is 2.26. The van der Waals surface area contributed by atoms with E-state index < -0.39 is 0 Å². The monoisotopic (exact) mass is 368 g/mol. The van der Waals surface area contributed by atoms with Crippen molar-refractivity contribution in [1.82, 2.24) is 0 Å². The molecule has 0 aliphatic carbocycles. The van der Waals surface area contributed by atoms with Gasteiger partial charge in [-0.05, 0) is 47.5 Å². The third kappa shape index (κ3) is 6.04. The molecule has 0 saturated carbocycles. The Morgan fingerprint density at radius 1 is 0.889 bits per heavy atom. The molecule has 0 bridgehead atoms. The van der Waals surface area contributed by atoms with Crippen LogP contribution in [0.1, 0.15) is 17.5 Å². The number of methoxy groups -OCH3 is 2. The van der Waals surface area contributed by atoms with Crippen LogP contribution >= 0.6 is 0 Å². The van der Waals surface area contributed by atoms with Crippen molar-refractivity contribution in [3.63, 3.8) is 0 Å². The van der Waals surface area contributed by atoms with Crippen molar-refractivity contribution in [2.24, 2.45) is 0 Å². The molecule has 2 rings (SSSR count). The second kappa shape index (κ2) is 9.24. The van der Waals surface area contributed by atoms with E-state index in [1.807, 2.05) is 0 Å². The predicted molar refractivity (Wildman–Crippen MR) is 102 cm³/mol. The maximum Gasteiger partial charge on any atom is 0.163 e. The summed E-state index contributed by atoms with van der Waals surface area (Å²) in [5, 5.41) is 19.1. The molecule has 0 aliphatic heterocycles. The summed E-state index contributed by atoms with van der Waals surface area (Å²) in [6.07, 6.45) is 5.35. The zero-order chi connectivity index (χ0) is 19.8. The molecule has 0 heterocycles. The van der Waals surface area contributed by atoms with E-state index in [1.54, 1.807) is 24.3 Å². The Bertz CT molecular complexity index is 896. The lowest BCUT2D eigenvalue weighted by atomic mass is 10.1. The van der Waals surface area contributed by atoms with Crippen molar-refractivity contribution in [2.45, 2.75) is 6.42 Å². The lowest BCUT2D eigenvalue weighted by Crippen LogP contribution is -2.01. The van der Waals surface area contributed by atoms with Crippen LogP contribution in [0.3, 0.4) is 0 Å². The molecule has 0 radical (unpaired) electrons. The van der Waals surface area contributed by atoms with Gasteiger partial charge in [0.25, 0.3) is 0 Å². The first kappa shape index (κ1) is 19.8. The van der Waals surface area contributed by atoms with Crippen LogP contribution in [0.15, 0.2) is 48.6 Å². The quantitative estimate of drug-likeness (QED) is 0.548. The predicted octanol–water partition coefficient (Wildman–Crippen LogP) is 3.37. The van der Waals surface area contributed by atoms with Crippen LogP contribution in [-0.2, 0) is 9.59 Å². The third-order valence-electron chi connectivity index (χ3n) is 3.62. The molecule has 0 amide bonds. The molecule has 0 atom stereocenters. The summed E-state index contributed by atoms with van der Waals surface area (Å²) in [5.41, 5.74) is 1.24. The van der Waals surface area contributed by atoms with Crippen LogP contribution in [-0.4, -0.2) is 36.0 Å². The number of phenolic OH excluding ortho intramolecular Hbond substituents is 2. The van der Waals surface area contributed by atoms with Crippen molar-refractivity contribution in [1.29, 1.82) is 0 Å². The van der Waals surface area contributed by atoms with Gasteiger partial charge >= 0.3 is 0 Å². The lowest BCUT2D eigenvalue weighted by Gasteiger charge is -2.03. The Labute approximate surface area is 157 Å². The number of benzene rings is 2. The van der Waals surface area contributed by atoms with E-state index in [0.717, 1.165) is 0 Å². The summed E-state index contributed by atoms with van der Waals surface area (Å²) in [6, 6.07) is 9.25. The molecule has 0 aliphatic rings. The highest BCUT2D eigenvalue weighted by atomic mass is 16.5. The van der Waals surface area contributed by atoms with Crippen molar-refractivity contribution in [2.75, 3.05) is 14.2 Å². The maximum atomic E-state index is 11.9. The number of carbonyl (C=O) groups excluding carboxylic acids is 2. The zero-order valence-corrected chi connectivity index (χ0v) is 15.0. The van der Waals surface area contributed by atoms with Crippen molar-refractivity contribution >= 4 is 23.7 Å². The van der Waals surface area contributed by atoms with E-state index in [0.29, 0.717) is 22.6 Å². The first-order valence-electron chi connectivity index (χ1n) is 8.08. The van der Waals surface area contributed by atoms with Gasteiger partial charge in [0, 0.05) is 6.07 Å². The first-order chi connectivity index (χ1) is 12.9. The zero-order valence-electron chi connectivity index (χ0n) is 15.0. The average molecular weight is 368 g/mol. The van der Waals surface area contributed by atoms with Gasteiger partial charge in [0.15, 0.2) is 23.1 Å². The van der Waals surface area contributed by atoms with Crippen molar-refractivity contribution in [3.8, 4) is 23.0 Å². The highest BCUT2D eigenvalue weighted by molar-refractivity contribution is 6.10. The van der Waals surface area contributed by atoms with E-state index in [2.05, 4.69) is 0 Å². The number of ether oxygens (including phenoxy) is 2. The third-order valence-corrected chi connectivity index (χ3v) is 3.62. The molecule has 6 heteroatoms. The number of carbonyl (C=O) groups is 2. The molecule has 6 nitrogen and oxygen atoms in total. The molecule has 0 fully saturated rings. The lowest BCUT2D eigenvalue weighted by molar-refractivity contribution is -0.121. The highest BCUT2D eigenvalue weighted by Gasteiger charge is 2.05. The minimum absolute atomic E-state index is 0.00451. The van der Waals surface area contributed by atoms with Gasteiger partial charge in [-0.3, -0.25) is 9.59 Å². The second-order valence-electron chi connectivity index (χ2n) is 5.67. The fourth-order valence-corrected chi connectivity index (χ4v) is 2.29. The summed E-state index contributed by atoms with van der Waals surface area (Å²) in [6.45, 7) is 0. The fourth-order valence-electron chi connectivity index (χ4n) is 2.29. The van der Waals surface area contributed by atoms with Crippen molar-refractivity contribution in [3.05, 3.63) is 59.7 Å². The Kier molecular flexibility index (Phi) is 6.77. The van der Waals surface area contributed by atoms with Crippen LogP contribution in [0.25, 0.3) is 12.2 Å². The standard InChI is InChI=1S/C21H20O6/c1-26-19-10-15(9-18(24)13-19)4-7-17(23)12-16(22)6-3-14-5-8-20(25)21(11-14)27-2/h3-11,13,24-25H,12H2,1-2H3. The number of ketones is 2. The molecule has 2 N–H and O–H groups in total. The number of aromatic hydroxyl groups is 2. The van der Waals surface area contributed by atoms with Crippen LogP contribution in [0, 0.1) is 0 Å². The Hall–Kier alpha value is -3.54. The van der Waals surface area contributed by atoms with Crippen LogP contribution < -0.4 is 9.47 Å². The topological polar surface area (TPSA) is 93.1 Å². The molecule has 0 saturated heterocycles. The molecule has 2 aromatic rings. The van der Waals surface area contributed by atoms with Gasteiger partial charge in [-0.1, -0.05) is 18.2 Å². The van der Waals surface area contributed by atoms with Crippen LogP contribution in [0.2, 0.25) is 0 Å². The fraction of sp³-hybridized carbons (Fsp3) is 0.143.